The van der Waals surface area contributed by atoms with E-state index in [1.54, 1.807) is 5.32 Å². The topological polar surface area (TPSA) is 41.5 Å². The van der Waals surface area contributed by atoms with Gasteiger partial charge in [-0.15, -0.1) is 0 Å². The highest BCUT2D eigenvalue weighted by molar-refractivity contribution is 5.97. The average molecular weight is 248 g/mol. The Morgan fingerprint density at radius 1 is 1.41 bits per heavy atom. The van der Waals surface area contributed by atoms with Crippen LogP contribution in [0.25, 0.3) is 0 Å². The Labute approximate surface area is 94.2 Å². The van der Waals surface area contributed by atoms with Crippen molar-refractivity contribution in [3.63, 3.8) is 0 Å². The number of amides is 1. The van der Waals surface area contributed by atoms with Gasteiger partial charge in [0, 0.05) is 12.3 Å². The van der Waals surface area contributed by atoms with Crippen LogP contribution in [0.5, 0.6) is 0 Å². The lowest BCUT2D eigenvalue weighted by molar-refractivity contribution is -0.167. The molecule has 1 amide bonds. The number of halogens is 4. The Hall–Kier alpha value is -1.92. The van der Waals surface area contributed by atoms with Crippen LogP contribution in [0.3, 0.4) is 0 Å². The summed E-state index contributed by atoms with van der Waals surface area (Å²) in [6.07, 6.45) is -3.72. The molecule has 0 saturated heterocycles. The fraction of sp³-hybridized carbons (Fsp3) is 0.200. The zero-order valence-electron chi connectivity index (χ0n) is 8.68. The van der Waals surface area contributed by atoms with E-state index in [4.69, 9.17) is 0 Å². The molecule has 3 nitrogen and oxygen atoms in total. The van der Waals surface area contributed by atoms with Crippen molar-refractivity contribution in [2.24, 2.45) is 4.99 Å². The molecule has 0 aromatic heterocycles. The number of rotatable bonds is 2. The van der Waals surface area contributed by atoms with Crippen molar-refractivity contribution in [2.45, 2.75) is 13.1 Å². The first-order valence-electron chi connectivity index (χ1n) is 4.51. The standard InChI is InChI=1S/C10H8F4N2O/c1-2-15-8-5-6(11)3-4-7(8)16-9(17)10(12,13)14/h2-5H,1H3,(H,16,17)/b15-2-. The van der Waals surface area contributed by atoms with Gasteiger partial charge in [-0.3, -0.25) is 9.79 Å². The highest BCUT2D eigenvalue weighted by Crippen LogP contribution is 2.27. The second kappa shape index (κ2) is 4.94. The van der Waals surface area contributed by atoms with E-state index in [-0.39, 0.29) is 11.4 Å². The predicted octanol–water partition coefficient (Wildman–Crippen LogP) is 3.05. The number of carbonyl (C=O) groups is 1. The van der Waals surface area contributed by atoms with Crippen molar-refractivity contribution in [2.75, 3.05) is 5.32 Å². The second-order valence-electron chi connectivity index (χ2n) is 3.00. The van der Waals surface area contributed by atoms with Gasteiger partial charge in [-0.25, -0.2) is 4.39 Å². The summed E-state index contributed by atoms with van der Waals surface area (Å²) in [4.78, 5) is 14.3. The fourth-order valence-corrected chi connectivity index (χ4v) is 1.05. The van der Waals surface area contributed by atoms with E-state index in [0.717, 1.165) is 18.2 Å². The van der Waals surface area contributed by atoms with Gasteiger partial charge in [0.2, 0.25) is 0 Å². The molecule has 1 aromatic carbocycles. The number of anilines is 1. The third-order valence-electron chi connectivity index (χ3n) is 1.73. The smallest absolute Gasteiger partial charge is 0.316 e. The number of hydrogen-bond acceptors (Lipinski definition) is 2. The molecule has 1 aromatic rings. The van der Waals surface area contributed by atoms with E-state index in [9.17, 15) is 22.4 Å². The summed E-state index contributed by atoms with van der Waals surface area (Å²) < 4.78 is 48.9. The number of alkyl halides is 3. The molecular weight excluding hydrogens is 240 g/mol. The minimum atomic E-state index is -5.00. The minimum Gasteiger partial charge on any atom is -0.316 e. The molecule has 0 saturated carbocycles. The van der Waals surface area contributed by atoms with Crippen molar-refractivity contribution in [1.29, 1.82) is 0 Å². The van der Waals surface area contributed by atoms with Crippen LogP contribution in [0.1, 0.15) is 6.92 Å². The van der Waals surface area contributed by atoms with Crippen LogP contribution in [0.2, 0.25) is 0 Å². The van der Waals surface area contributed by atoms with Crippen LogP contribution in [0, 0.1) is 5.82 Å². The molecule has 0 unspecified atom stereocenters. The monoisotopic (exact) mass is 248 g/mol. The Morgan fingerprint density at radius 3 is 2.59 bits per heavy atom. The van der Waals surface area contributed by atoms with Crippen LogP contribution < -0.4 is 5.32 Å². The molecule has 0 bridgehead atoms. The number of aliphatic imine (C=N–C) groups is 1. The van der Waals surface area contributed by atoms with Gasteiger partial charge in [0.05, 0.1) is 11.4 Å². The first kappa shape index (κ1) is 13.1. The van der Waals surface area contributed by atoms with Gasteiger partial charge in [-0.05, 0) is 19.1 Å². The summed E-state index contributed by atoms with van der Waals surface area (Å²) in [5, 5.41) is 1.62. The van der Waals surface area contributed by atoms with Gasteiger partial charge in [-0.1, -0.05) is 0 Å². The number of hydrogen-bond donors (Lipinski definition) is 1. The van der Waals surface area contributed by atoms with Crippen molar-refractivity contribution >= 4 is 23.5 Å². The van der Waals surface area contributed by atoms with E-state index in [2.05, 4.69) is 4.99 Å². The van der Waals surface area contributed by atoms with E-state index in [1.807, 2.05) is 0 Å². The van der Waals surface area contributed by atoms with Gasteiger partial charge in [0.25, 0.3) is 0 Å². The number of carbonyl (C=O) groups excluding carboxylic acids is 1. The summed E-state index contributed by atoms with van der Waals surface area (Å²) in [6.45, 7) is 1.51. The van der Waals surface area contributed by atoms with Crippen LogP contribution >= 0.6 is 0 Å². The van der Waals surface area contributed by atoms with Gasteiger partial charge >= 0.3 is 12.1 Å². The normalized spacial score (nSPS) is 11.8. The third kappa shape index (κ3) is 3.54. The molecule has 1 N–H and O–H groups in total. The largest absolute Gasteiger partial charge is 0.471 e. The molecule has 17 heavy (non-hydrogen) atoms. The number of benzene rings is 1. The lowest BCUT2D eigenvalue weighted by atomic mass is 10.2. The molecule has 0 aliphatic carbocycles. The number of nitrogens with zero attached hydrogens (tertiary/aromatic N) is 1. The Bertz CT molecular complexity index is 454. The highest BCUT2D eigenvalue weighted by Gasteiger charge is 2.38. The molecule has 1 rings (SSSR count). The fourth-order valence-electron chi connectivity index (χ4n) is 1.05. The zero-order valence-corrected chi connectivity index (χ0v) is 8.68. The predicted molar refractivity (Wildman–Crippen MR) is 54.9 cm³/mol. The van der Waals surface area contributed by atoms with Gasteiger partial charge in [0.1, 0.15) is 5.82 Å². The van der Waals surface area contributed by atoms with E-state index < -0.39 is 17.9 Å². The molecule has 0 fully saturated rings. The van der Waals surface area contributed by atoms with Crippen molar-refractivity contribution in [3.8, 4) is 0 Å². The van der Waals surface area contributed by atoms with Crippen LogP contribution in [-0.2, 0) is 4.79 Å². The van der Waals surface area contributed by atoms with E-state index in [0.29, 0.717) is 0 Å². The third-order valence-corrected chi connectivity index (χ3v) is 1.73. The van der Waals surface area contributed by atoms with Gasteiger partial charge < -0.3 is 5.32 Å². The first-order valence-corrected chi connectivity index (χ1v) is 4.51. The summed E-state index contributed by atoms with van der Waals surface area (Å²) in [6, 6.07) is 2.87. The summed E-state index contributed by atoms with van der Waals surface area (Å²) in [5.74, 6) is -2.78. The van der Waals surface area contributed by atoms with Gasteiger partial charge in [0.15, 0.2) is 0 Å². The molecule has 0 radical (unpaired) electrons. The maximum Gasteiger partial charge on any atom is 0.471 e. The molecule has 0 spiro atoms. The summed E-state index contributed by atoms with van der Waals surface area (Å²) >= 11 is 0. The molecule has 7 heteroatoms. The Kier molecular flexibility index (Phi) is 3.82. The second-order valence-corrected chi connectivity index (χ2v) is 3.00. The van der Waals surface area contributed by atoms with E-state index in [1.165, 1.54) is 13.1 Å². The van der Waals surface area contributed by atoms with Crippen LogP contribution in [0.15, 0.2) is 23.2 Å². The lowest BCUT2D eigenvalue weighted by Gasteiger charge is -2.09. The maximum absolute atomic E-state index is 12.8. The maximum atomic E-state index is 12.8. The quantitative estimate of drug-likeness (QED) is 0.634. The summed E-state index contributed by atoms with van der Waals surface area (Å²) in [5.41, 5.74) is -0.281. The van der Waals surface area contributed by atoms with Gasteiger partial charge in [-0.2, -0.15) is 13.2 Å². The first-order chi connectivity index (χ1) is 7.84. The molecule has 0 aliphatic rings. The van der Waals surface area contributed by atoms with Crippen LogP contribution in [0.4, 0.5) is 28.9 Å². The molecule has 0 atom stereocenters. The van der Waals surface area contributed by atoms with E-state index >= 15 is 0 Å². The van der Waals surface area contributed by atoms with Crippen molar-refractivity contribution < 1.29 is 22.4 Å². The zero-order chi connectivity index (χ0) is 13.1. The Balaban J connectivity index is 3.02. The minimum absolute atomic E-state index is 0.0786. The molecule has 92 valence electrons. The molecule has 0 aliphatic heterocycles. The molecular formula is C10H8F4N2O. The van der Waals surface area contributed by atoms with Crippen LogP contribution in [-0.4, -0.2) is 18.3 Å². The number of nitrogens with one attached hydrogen (secondary N) is 1. The summed E-state index contributed by atoms with van der Waals surface area (Å²) in [7, 11) is 0. The lowest BCUT2D eigenvalue weighted by Crippen LogP contribution is -2.29. The Morgan fingerprint density at radius 2 is 2.06 bits per heavy atom. The molecule has 0 heterocycles. The highest BCUT2D eigenvalue weighted by atomic mass is 19.4. The average Bonchev–Trinajstić information content (AvgIpc) is 2.21. The van der Waals surface area contributed by atoms with Crippen molar-refractivity contribution in [3.05, 3.63) is 24.0 Å². The van der Waals surface area contributed by atoms with Crippen molar-refractivity contribution in [1.82, 2.24) is 0 Å². The SMILES string of the molecule is C/C=N\c1cc(F)ccc1NC(=O)C(F)(F)F.